The van der Waals surface area contributed by atoms with Crippen molar-refractivity contribution in [3.63, 3.8) is 0 Å². The second-order valence-electron chi connectivity index (χ2n) is 6.82. The second kappa shape index (κ2) is 12.2. The van der Waals surface area contributed by atoms with E-state index in [2.05, 4.69) is 39.5 Å². The maximum atomic E-state index is 11.0. The van der Waals surface area contributed by atoms with E-state index >= 15 is 0 Å². The maximum Gasteiger partial charge on any atom is 0.231 e. The fraction of sp³-hybridized carbons (Fsp3) is 0.722. The van der Waals surface area contributed by atoms with Crippen LogP contribution in [0.4, 0.5) is 0 Å². The van der Waals surface area contributed by atoms with Crippen molar-refractivity contribution in [2.24, 2.45) is 10.7 Å². The number of amides is 1. The van der Waals surface area contributed by atoms with Crippen LogP contribution in [-0.4, -0.2) is 54.6 Å². The second-order valence-corrected chi connectivity index (χ2v) is 6.82. The van der Waals surface area contributed by atoms with Crippen LogP contribution in [0, 0.1) is 0 Å². The Morgan fingerprint density at radius 1 is 1.41 bits per heavy atom. The number of nitrogens with zero attached hydrogens (tertiary/aromatic N) is 3. The molecule has 0 aromatic carbocycles. The van der Waals surface area contributed by atoms with E-state index in [-0.39, 0.29) is 29.9 Å². The quantitative estimate of drug-likeness (QED) is 0.290. The van der Waals surface area contributed by atoms with Crippen molar-refractivity contribution in [3.8, 4) is 0 Å². The van der Waals surface area contributed by atoms with Crippen LogP contribution in [0.1, 0.15) is 56.9 Å². The zero-order valence-electron chi connectivity index (χ0n) is 16.5. The van der Waals surface area contributed by atoms with E-state index in [1.165, 1.54) is 0 Å². The third-order valence-corrected chi connectivity index (χ3v) is 4.94. The first-order chi connectivity index (χ1) is 12.5. The van der Waals surface area contributed by atoms with Crippen molar-refractivity contribution in [1.29, 1.82) is 0 Å². The lowest BCUT2D eigenvalue weighted by molar-refractivity contribution is -0.119. The van der Waals surface area contributed by atoms with Gasteiger partial charge in [0, 0.05) is 38.2 Å². The fourth-order valence-corrected chi connectivity index (χ4v) is 3.33. The van der Waals surface area contributed by atoms with E-state index in [0.29, 0.717) is 25.0 Å². The first kappa shape index (κ1) is 23.7. The van der Waals surface area contributed by atoms with Gasteiger partial charge in [-0.05, 0) is 25.7 Å². The smallest absolute Gasteiger partial charge is 0.231 e. The molecule has 0 aliphatic carbocycles. The molecule has 0 atom stereocenters. The molecular formula is C18H33IN6O2. The third kappa shape index (κ3) is 7.65. The summed E-state index contributed by atoms with van der Waals surface area (Å²) < 4.78 is 5.44. The molecule has 0 unspecified atom stereocenters. The van der Waals surface area contributed by atoms with Crippen LogP contribution in [0.5, 0.6) is 0 Å². The Kier molecular flexibility index (Phi) is 10.7. The SMILES string of the molecule is CCC(CC)c1cc(CNC(=NC)NC2CCN(CC(N)=O)CC2)on1.I. The molecule has 2 rings (SSSR count). The lowest BCUT2D eigenvalue weighted by Crippen LogP contribution is -2.49. The molecule has 1 aliphatic heterocycles. The van der Waals surface area contributed by atoms with Gasteiger partial charge in [-0.15, -0.1) is 24.0 Å². The molecule has 9 heteroatoms. The zero-order chi connectivity index (χ0) is 18.9. The van der Waals surface area contributed by atoms with Crippen molar-refractivity contribution in [2.75, 3.05) is 26.7 Å². The summed E-state index contributed by atoms with van der Waals surface area (Å²) in [5.41, 5.74) is 6.28. The van der Waals surface area contributed by atoms with Crippen LogP contribution in [0.15, 0.2) is 15.6 Å². The monoisotopic (exact) mass is 492 g/mol. The molecule has 1 fully saturated rings. The third-order valence-electron chi connectivity index (χ3n) is 4.94. The Morgan fingerprint density at radius 3 is 2.63 bits per heavy atom. The number of nitrogens with one attached hydrogen (secondary N) is 2. The number of carbonyl (C=O) groups excluding carboxylic acids is 1. The minimum absolute atomic E-state index is 0. The van der Waals surface area contributed by atoms with Crippen molar-refractivity contribution in [3.05, 3.63) is 17.5 Å². The standard InChI is InChI=1S/C18H32N6O2.HI/c1-4-13(5-2)16-10-15(26-23-16)11-21-18(20-3)22-14-6-8-24(9-7-14)12-17(19)25;/h10,13-14H,4-9,11-12H2,1-3H3,(H2,19,25)(H2,20,21,22);1H. The number of rotatable bonds is 8. The van der Waals surface area contributed by atoms with Crippen LogP contribution in [0.3, 0.4) is 0 Å². The van der Waals surface area contributed by atoms with Crippen molar-refractivity contribution < 1.29 is 9.32 Å². The van der Waals surface area contributed by atoms with Gasteiger partial charge in [-0.25, -0.2) is 0 Å². The number of guanidine groups is 1. The maximum absolute atomic E-state index is 11.0. The first-order valence-corrected chi connectivity index (χ1v) is 9.49. The average Bonchev–Trinajstić information content (AvgIpc) is 3.09. The molecule has 0 saturated carbocycles. The minimum atomic E-state index is -0.270. The van der Waals surface area contributed by atoms with Crippen LogP contribution in [0.2, 0.25) is 0 Å². The van der Waals surface area contributed by atoms with Gasteiger partial charge in [0.1, 0.15) is 0 Å². The van der Waals surface area contributed by atoms with Crippen molar-refractivity contribution in [2.45, 2.75) is 58.0 Å². The largest absolute Gasteiger partial charge is 0.369 e. The van der Waals surface area contributed by atoms with Gasteiger partial charge in [-0.3, -0.25) is 14.7 Å². The van der Waals surface area contributed by atoms with E-state index in [4.69, 9.17) is 10.3 Å². The predicted octanol–water partition coefficient (Wildman–Crippen LogP) is 1.81. The Bertz CT molecular complexity index is 594. The lowest BCUT2D eigenvalue weighted by Gasteiger charge is -2.32. The highest BCUT2D eigenvalue weighted by Crippen LogP contribution is 2.22. The normalized spacial score (nSPS) is 16.2. The Morgan fingerprint density at radius 2 is 2.07 bits per heavy atom. The van der Waals surface area contributed by atoms with E-state index in [1.807, 2.05) is 6.07 Å². The molecule has 27 heavy (non-hydrogen) atoms. The molecule has 1 amide bonds. The molecule has 1 aromatic heterocycles. The van der Waals surface area contributed by atoms with Gasteiger partial charge in [0.25, 0.3) is 0 Å². The average molecular weight is 492 g/mol. The molecule has 154 valence electrons. The summed E-state index contributed by atoms with van der Waals surface area (Å²) >= 11 is 0. The zero-order valence-corrected chi connectivity index (χ0v) is 18.9. The highest BCUT2D eigenvalue weighted by molar-refractivity contribution is 14.0. The summed E-state index contributed by atoms with van der Waals surface area (Å²) in [7, 11) is 1.76. The van der Waals surface area contributed by atoms with Crippen LogP contribution < -0.4 is 16.4 Å². The van der Waals surface area contributed by atoms with E-state index < -0.39 is 0 Å². The number of aromatic nitrogens is 1. The number of piperidine rings is 1. The molecule has 0 radical (unpaired) electrons. The van der Waals surface area contributed by atoms with Crippen LogP contribution >= 0.6 is 24.0 Å². The van der Waals surface area contributed by atoms with Gasteiger partial charge in [-0.2, -0.15) is 0 Å². The Labute approximate surface area is 178 Å². The number of halogens is 1. The summed E-state index contributed by atoms with van der Waals surface area (Å²) in [5.74, 6) is 1.74. The number of aliphatic imine (C=N–C) groups is 1. The van der Waals surface area contributed by atoms with Gasteiger partial charge in [0.2, 0.25) is 5.91 Å². The van der Waals surface area contributed by atoms with Crippen LogP contribution in [0.25, 0.3) is 0 Å². The summed E-state index contributed by atoms with van der Waals surface area (Å²) in [6.07, 6.45) is 4.03. The molecule has 8 nitrogen and oxygen atoms in total. The van der Waals surface area contributed by atoms with Gasteiger partial charge in [0.15, 0.2) is 11.7 Å². The van der Waals surface area contributed by atoms with Crippen molar-refractivity contribution in [1.82, 2.24) is 20.7 Å². The number of nitrogens with two attached hydrogens (primary N) is 1. The molecule has 4 N–H and O–H groups in total. The summed E-state index contributed by atoms with van der Waals surface area (Å²) in [4.78, 5) is 17.4. The van der Waals surface area contributed by atoms with Gasteiger partial charge >= 0.3 is 0 Å². The Hall–Kier alpha value is -1.36. The van der Waals surface area contributed by atoms with Gasteiger partial charge in [-0.1, -0.05) is 19.0 Å². The van der Waals surface area contributed by atoms with Crippen LogP contribution in [-0.2, 0) is 11.3 Å². The van der Waals surface area contributed by atoms with Gasteiger partial charge in [0.05, 0.1) is 18.8 Å². The molecule has 1 saturated heterocycles. The minimum Gasteiger partial charge on any atom is -0.369 e. The number of primary amides is 1. The number of carbonyl (C=O) groups is 1. The Balaban J connectivity index is 0.00000364. The molecule has 0 bridgehead atoms. The number of hydrogen-bond acceptors (Lipinski definition) is 5. The lowest BCUT2D eigenvalue weighted by atomic mass is 9.99. The molecule has 1 aliphatic rings. The summed E-state index contributed by atoms with van der Waals surface area (Å²) in [6.45, 7) is 6.94. The topological polar surface area (TPSA) is 109 Å². The predicted molar refractivity (Wildman–Crippen MR) is 117 cm³/mol. The highest BCUT2D eigenvalue weighted by atomic mass is 127. The molecule has 1 aromatic rings. The highest BCUT2D eigenvalue weighted by Gasteiger charge is 2.21. The van der Waals surface area contributed by atoms with Crippen molar-refractivity contribution >= 4 is 35.8 Å². The van der Waals surface area contributed by atoms with Gasteiger partial charge < -0.3 is 20.9 Å². The van der Waals surface area contributed by atoms with E-state index in [1.54, 1.807) is 7.05 Å². The summed E-state index contributed by atoms with van der Waals surface area (Å²) in [5, 5.41) is 10.9. The molecule has 0 spiro atoms. The molecule has 2 heterocycles. The fourth-order valence-electron chi connectivity index (χ4n) is 3.33. The van der Waals surface area contributed by atoms with E-state index in [9.17, 15) is 4.79 Å². The first-order valence-electron chi connectivity index (χ1n) is 9.49. The number of likely N-dealkylation sites (tertiary alicyclic amines) is 1. The molecular weight excluding hydrogens is 459 g/mol. The number of hydrogen-bond donors (Lipinski definition) is 3. The summed E-state index contributed by atoms with van der Waals surface area (Å²) in [6, 6.07) is 2.36. The van der Waals surface area contributed by atoms with E-state index in [0.717, 1.165) is 56.2 Å².